The van der Waals surface area contributed by atoms with E-state index in [9.17, 15) is 4.79 Å². The molecule has 0 bridgehead atoms. The molecule has 1 aliphatic rings. The van der Waals surface area contributed by atoms with Crippen LogP contribution in [0.3, 0.4) is 0 Å². The van der Waals surface area contributed by atoms with Gasteiger partial charge in [0.2, 0.25) is 0 Å². The van der Waals surface area contributed by atoms with E-state index in [1.54, 1.807) is 0 Å². The zero-order valence-electron chi connectivity index (χ0n) is 8.48. The van der Waals surface area contributed by atoms with Gasteiger partial charge >= 0.3 is 0 Å². The van der Waals surface area contributed by atoms with Gasteiger partial charge in [0.25, 0.3) is 0 Å². The van der Waals surface area contributed by atoms with Gasteiger partial charge in [0.15, 0.2) is 6.29 Å². The van der Waals surface area contributed by atoms with Crippen molar-refractivity contribution in [3.8, 4) is 0 Å². The van der Waals surface area contributed by atoms with Crippen LogP contribution in [0.5, 0.6) is 0 Å². The molecule has 0 spiro atoms. The fraction of sp³-hybridized carbons (Fsp3) is 0.583. The summed E-state index contributed by atoms with van der Waals surface area (Å²) in [6.45, 7) is 1.03. The molecule has 14 heavy (non-hydrogen) atoms. The van der Waals surface area contributed by atoms with Crippen molar-refractivity contribution in [3.63, 3.8) is 0 Å². The number of nitrogens with zero attached hydrogens (tertiary/aromatic N) is 1. The Bertz CT molecular complexity index is 297. The van der Waals surface area contributed by atoms with Crippen molar-refractivity contribution in [2.24, 2.45) is 5.92 Å². The molecule has 0 N–H and O–H groups in total. The number of carbonyl (C=O) groups excluding carboxylic acids is 1. The highest BCUT2D eigenvalue weighted by molar-refractivity contribution is 5.72. The fourth-order valence-electron chi connectivity index (χ4n) is 2.35. The number of aldehydes is 1. The minimum Gasteiger partial charge on any atom is -0.345 e. The molecule has 0 aromatic carbocycles. The minimum atomic E-state index is 0.787. The van der Waals surface area contributed by atoms with Crippen molar-refractivity contribution in [3.05, 3.63) is 24.0 Å². The maximum atomic E-state index is 10.7. The first-order valence-corrected chi connectivity index (χ1v) is 5.50. The van der Waals surface area contributed by atoms with E-state index in [0.29, 0.717) is 0 Å². The molecular formula is C12H17NO. The van der Waals surface area contributed by atoms with E-state index in [2.05, 4.69) is 4.57 Å². The Balaban J connectivity index is 1.98. The van der Waals surface area contributed by atoms with Crippen LogP contribution in [0.4, 0.5) is 0 Å². The predicted octanol–water partition coefficient (Wildman–Crippen LogP) is 2.88. The second kappa shape index (κ2) is 4.45. The van der Waals surface area contributed by atoms with Crippen LogP contribution in [0.15, 0.2) is 18.3 Å². The summed E-state index contributed by atoms with van der Waals surface area (Å²) in [5, 5.41) is 0. The molecular weight excluding hydrogens is 174 g/mol. The molecule has 1 aromatic rings. The van der Waals surface area contributed by atoms with E-state index < -0.39 is 0 Å². The summed E-state index contributed by atoms with van der Waals surface area (Å²) in [7, 11) is 0. The van der Waals surface area contributed by atoms with Gasteiger partial charge in [-0.2, -0.15) is 0 Å². The molecule has 2 nitrogen and oxygen atoms in total. The summed E-state index contributed by atoms with van der Waals surface area (Å²) in [6, 6.07) is 3.84. The van der Waals surface area contributed by atoms with E-state index in [4.69, 9.17) is 0 Å². The first-order valence-electron chi connectivity index (χ1n) is 5.50. The lowest BCUT2D eigenvalue weighted by Gasteiger charge is -2.22. The highest BCUT2D eigenvalue weighted by Crippen LogP contribution is 2.25. The van der Waals surface area contributed by atoms with Crippen LogP contribution >= 0.6 is 0 Å². The Labute approximate surface area is 84.9 Å². The van der Waals surface area contributed by atoms with Crippen LogP contribution in [0.1, 0.15) is 42.6 Å². The van der Waals surface area contributed by atoms with Gasteiger partial charge in [0.1, 0.15) is 0 Å². The van der Waals surface area contributed by atoms with Crippen LogP contribution in [0.25, 0.3) is 0 Å². The third kappa shape index (κ3) is 2.06. The van der Waals surface area contributed by atoms with Gasteiger partial charge in [0.05, 0.1) is 5.69 Å². The van der Waals surface area contributed by atoms with Crippen molar-refractivity contribution in [1.29, 1.82) is 0 Å². The minimum absolute atomic E-state index is 0.787. The van der Waals surface area contributed by atoms with Gasteiger partial charge in [0, 0.05) is 12.7 Å². The topological polar surface area (TPSA) is 22.0 Å². The third-order valence-corrected chi connectivity index (χ3v) is 3.17. The normalized spacial score (nSPS) is 18.3. The molecule has 2 heteroatoms. The zero-order valence-corrected chi connectivity index (χ0v) is 8.48. The van der Waals surface area contributed by atoms with Crippen molar-refractivity contribution >= 4 is 6.29 Å². The zero-order chi connectivity index (χ0) is 9.80. The first kappa shape index (κ1) is 9.50. The Morgan fingerprint density at radius 1 is 1.36 bits per heavy atom. The Hall–Kier alpha value is -1.05. The molecule has 0 saturated heterocycles. The summed E-state index contributed by atoms with van der Waals surface area (Å²) in [5.41, 5.74) is 0.815. The molecule has 1 fully saturated rings. The highest BCUT2D eigenvalue weighted by atomic mass is 16.1. The third-order valence-electron chi connectivity index (χ3n) is 3.17. The lowest BCUT2D eigenvalue weighted by Crippen LogP contribution is -2.14. The second-order valence-electron chi connectivity index (χ2n) is 4.21. The van der Waals surface area contributed by atoms with E-state index in [1.807, 2.05) is 18.3 Å². The largest absolute Gasteiger partial charge is 0.345 e. The van der Waals surface area contributed by atoms with Gasteiger partial charge in [-0.25, -0.2) is 0 Å². The SMILES string of the molecule is O=Cc1cccn1CC1CCCCC1. The van der Waals surface area contributed by atoms with Crippen molar-refractivity contribution < 1.29 is 4.79 Å². The monoisotopic (exact) mass is 191 g/mol. The number of carbonyl (C=O) groups is 1. The number of hydrogen-bond acceptors (Lipinski definition) is 1. The van der Waals surface area contributed by atoms with Crippen LogP contribution in [0.2, 0.25) is 0 Å². The molecule has 0 amide bonds. The summed E-state index contributed by atoms with van der Waals surface area (Å²) in [4.78, 5) is 10.7. The molecule has 1 aliphatic carbocycles. The van der Waals surface area contributed by atoms with E-state index in [-0.39, 0.29) is 0 Å². The van der Waals surface area contributed by atoms with E-state index in [1.165, 1.54) is 32.1 Å². The lowest BCUT2D eigenvalue weighted by molar-refractivity contribution is 0.111. The smallest absolute Gasteiger partial charge is 0.166 e. The Kier molecular flexibility index (Phi) is 3.02. The van der Waals surface area contributed by atoms with Crippen molar-refractivity contribution in [1.82, 2.24) is 4.57 Å². The molecule has 1 heterocycles. The average Bonchev–Trinajstić information content (AvgIpc) is 2.67. The Morgan fingerprint density at radius 3 is 2.86 bits per heavy atom. The average molecular weight is 191 g/mol. The Morgan fingerprint density at radius 2 is 2.14 bits per heavy atom. The van der Waals surface area contributed by atoms with Gasteiger partial charge in [-0.3, -0.25) is 4.79 Å². The van der Waals surface area contributed by atoms with Crippen molar-refractivity contribution in [2.45, 2.75) is 38.6 Å². The van der Waals surface area contributed by atoms with E-state index >= 15 is 0 Å². The highest BCUT2D eigenvalue weighted by Gasteiger charge is 2.14. The molecule has 0 unspecified atom stereocenters. The molecule has 1 aromatic heterocycles. The number of rotatable bonds is 3. The second-order valence-corrected chi connectivity index (χ2v) is 4.21. The maximum Gasteiger partial charge on any atom is 0.166 e. The van der Waals surface area contributed by atoms with Gasteiger partial charge in [-0.1, -0.05) is 19.3 Å². The van der Waals surface area contributed by atoms with E-state index in [0.717, 1.165) is 24.4 Å². The quantitative estimate of drug-likeness (QED) is 0.673. The van der Waals surface area contributed by atoms with Gasteiger partial charge < -0.3 is 4.57 Å². The first-order chi connectivity index (χ1) is 6.90. The molecule has 0 aliphatic heterocycles. The summed E-state index contributed by atoms with van der Waals surface area (Å²) in [5.74, 6) is 0.787. The molecule has 0 atom stereocenters. The molecule has 1 saturated carbocycles. The maximum absolute atomic E-state index is 10.7. The molecule has 0 radical (unpaired) electrons. The summed E-state index contributed by atoms with van der Waals surface area (Å²) in [6.07, 6.45) is 9.74. The lowest BCUT2D eigenvalue weighted by atomic mass is 9.89. The van der Waals surface area contributed by atoms with Crippen LogP contribution in [-0.4, -0.2) is 10.9 Å². The number of hydrogen-bond donors (Lipinski definition) is 0. The van der Waals surface area contributed by atoms with Crippen LogP contribution in [-0.2, 0) is 6.54 Å². The van der Waals surface area contributed by atoms with Gasteiger partial charge in [-0.15, -0.1) is 0 Å². The summed E-state index contributed by atoms with van der Waals surface area (Å²) < 4.78 is 2.09. The summed E-state index contributed by atoms with van der Waals surface area (Å²) >= 11 is 0. The molecule has 76 valence electrons. The van der Waals surface area contributed by atoms with Crippen molar-refractivity contribution in [2.75, 3.05) is 0 Å². The van der Waals surface area contributed by atoms with Gasteiger partial charge in [-0.05, 0) is 30.9 Å². The standard InChI is InChI=1S/C12H17NO/c14-10-12-7-4-8-13(12)9-11-5-2-1-3-6-11/h4,7-8,10-11H,1-3,5-6,9H2. The number of aromatic nitrogens is 1. The fourth-order valence-corrected chi connectivity index (χ4v) is 2.35. The van der Waals surface area contributed by atoms with Crippen LogP contribution in [0, 0.1) is 5.92 Å². The van der Waals surface area contributed by atoms with Crippen LogP contribution < -0.4 is 0 Å². The predicted molar refractivity (Wildman–Crippen MR) is 56.4 cm³/mol. The molecule has 2 rings (SSSR count).